The van der Waals surface area contributed by atoms with Gasteiger partial charge < -0.3 is 4.74 Å². The molecule has 2 amide bonds. The molecule has 196 valence electrons. The number of carbonyl (C=O) groups excluding carboxylic acids is 4. The molecule has 0 radical (unpaired) electrons. The van der Waals surface area contributed by atoms with E-state index in [9.17, 15) is 24.4 Å². The van der Waals surface area contributed by atoms with E-state index in [2.05, 4.69) is 6.07 Å². The van der Waals surface area contributed by atoms with Crippen molar-refractivity contribution >= 4 is 41.0 Å². The zero-order valence-corrected chi connectivity index (χ0v) is 21.9. The van der Waals surface area contributed by atoms with Crippen LogP contribution >= 0.6 is 11.8 Å². The fraction of sp³-hybridized carbons (Fsp3) is 0.267. The number of hydrogen-bond donors (Lipinski definition) is 0. The Kier molecular flexibility index (Phi) is 7.84. The summed E-state index contributed by atoms with van der Waals surface area (Å²) in [5.74, 6) is -1.76. The predicted octanol–water partition coefficient (Wildman–Crippen LogP) is 4.69. The molecule has 0 saturated carbocycles. The Morgan fingerprint density at radius 3 is 2.49 bits per heavy atom. The lowest BCUT2D eigenvalue weighted by Gasteiger charge is -2.16. The number of imide groups is 1. The highest BCUT2D eigenvalue weighted by Gasteiger charge is 2.41. The van der Waals surface area contributed by atoms with Crippen molar-refractivity contribution in [3.8, 4) is 6.07 Å². The lowest BCUT2D eigenvalue weighted by Crippen LogP contribution is -2.31. The summed E-state index contributed by atoms with van der Waals surface area (Å²) in [7, 11) is 0. The van der Waals surface area contributed by atoms with E-state index in [1.165, 1.54) is 24.3 Å². The molecule has 8 nitrogen and oxygen atoms in total. The first-order valence-corrected chi connectivity index (χ1v) is 13.6. The molecule has 9 heteroatoms. The fourth-order valence-corrected chi connectivity index (χ4v) is 5.83. The summed E-state index contributed by atoms with van der Waals surface area (Å²) in [6.07, 6.45) is 4.94. The average Bonchev–Trinajstić information content (AvgIpc) is 3.10. The molecule has 2 aliphatic rings. The second kappa shape index (κ2) is 11.6. The smallest absolute Gasteiger partial charge is 0.338 e. The lowest BCUT2D eigenvalue weighted by atomic mass is 10.1. The van der Waals surface area contributed by atoms with Crippen LogP contribution in [0.4, 0.5) is 5.69 Å². The highest BCUT2D eigenvalue weighted by molar-refractivity contribution is 8.00. The number of hydrogen-bond acceptors (Lipinski definition) is 8. The van der Waals surface area contributed by atoms with Crippen LogP contribution in [0.15, 0.2) is 65.7 Å². The molecule has 0 N–H and O–H groups in total. The number of fused-ring (bicyclic) bond motifs is 1. The monoisotopic (exact) mass is 539 g/mol. The number of Topliss-reactive ketones (excluding diaryl/α,β-unsaturated/α-hetero) is 1. The molecule has 5 rings (SSSR count). The highest BCUT2D eigenvalue weighted by atomic mass is 32.2. The molecule has 2 aromatic carbocycles. The Morgan fingerprint density at radius 1 is 1.00 bits per heavy atom. The van der Waals surface area contributed by atoms with Gasteiger partial charge in [-0.15, -0.1) is 0 Å². The second-order valence-corrected chi connectivity index (χ2v) is 10.6. The molecule has 2 heterocycles. The first kappa shape index (κ1) is 26.3. The van der Waals surface area contributed by atoms with E-state index in [1.807, 2.05) is 6.07 Å². The summed E-state index contributed by atoms with van der Waals surface area (Å²) in [4.78, 5) is 56.5. The number of ketones is 1. The van der Waals surface area contributed by atoms with Crippen LogP contribution in [0.25, 0.3) is 0 Å². The summed E-state index contributed by atoms with van der Waals surface area (Å²) in [6.45, 7) is -0.395. The van der Waals surface area contributed by atoms with E-state index in [0.717, 1.165) is 60.0 Å². The molecule has 1 aliphatic heterocycles. The fourth-order valence-electron chi connectivity index (χ4n) is 4.73. The molecule has 1 atom stereocenters. The van der Waals surface area contributed by atoms with Gasteiger partial charge in [-0.1, -0.05) is 48.5 Å². The van der Waals surface area contributed by atoms with Gasteiger partial charge in [0.2, 0.25) is 11.8 Å². The van der Waals surface area contributed by atoms with Crippen molar-refractivity contribution in [1.82, 2.24) is 4.98 Å². The Morgan fingerprint density at radius 2 is 1.74 bits per heavy atom. The number of rotatable bonds is 7. The van der Waals surface area contributed by atoms with Crippen LogP contribution in [0, 0.1) is 11.3 Å². The molecule has 39 heavy (non-hydrogen) atoms. The lowest BCUT2D eigenvalue weighted by molar-refractivity contribution is -0.121. The molecule has 1 saturated heterocycles. The van der Waals surface area contributed by atoms with Crippen LogP contribution in [0.5, 0.6) is 0 Å². The predicted molar refractivity (Wildman–Crippen MR) is 144 cm³/mol. The van der Waals surface area contributed by atoms with E-state index < -0.39 is 23.7 Å². The summed E-state index contributed by atoms with van der Waals surface area (Å²) >= 11 is 1.16. The number of nitrogens with zero attached hydrogens (tertiary/aromatic N) is 3. The van der Waals surface area contributed by atoms with Gasteiger partial charge in [0.15, 0.2) is 12.4 Å². The van der Waals surface area contributed by atoms with E-state index in [0.29, 0.717) is 21.8 Å². The van der Waals surface area contributed by atoms with Crippen molar-refractivity contribution in [3.05, 3.63) is 88.6 Å². The van der Waals surface area contributed by atoms with Gasteiger partial charge in [0, 0.05) is 17.7 Å². The van der Waals surface area contributed by atoms with Crippen LogP contribution < -0.4 is 4.90 Å². The Bertz CT molecular complexity index is 1480. The van der Waals surface area contributed by atoms with E-state index in [4.69, 9.17) is 9.72 Å². The van der Waals surface area contributed by atoms with Crippen molar-refractivity contribution in [2.45, 2.75) is 48.8 Å². The number of benzene rings is 2. The Hall–Kier alpha value is -4.29. The first-order chi connectivity index (χ1) is 18.9. The largest absolute Gasteiger partial charge is 0.454 e. The first-order valence-electron chi connectivity index (χ1n) is 12.8. The van der Waals surface area contributed by atoms with Crippen LogP contribution in [0.3, 0.4) is 0 Å². The minimum atomic E-state index is -0.699. The quantitative estimate of drug-likeness (QED) is 0.184. The maximum absolute atomic E-state index is 13.2. The number of aryl methyl sites for hydroxylation is 2. The normalized spacial score (nSPS) is 16.8. The standard InChI is InChI=1S/C30H25N3O5S/c31-17-22-15-21-9-5-2-6-10-24(21)32-28(22)39-26-16-27(35)33(29(26)36)23-13-11-20(12-14-23)30(37)38-18-25(34)19-7-3-1-4-8-19/h1,3-4,7-8,11-15,26H,2,5-6,9-10,16,18H2. The number of anilines is 1. The van der Waals surface area contributed by atoms with E-state index >= 15 is 0 Å². The molecule has 1 fully saturated rings. The van der Waals surface area contributed by atoms with Crippen LogP contribution in [0.2, 0.25) is 0 Å². The number of carbonyl (C=O) groups is 4. The maximum atomic E-state index is 13.2. The van der Waals surface area contributed by atoms with Crippen LogP contribution in [-0.2, 0) is 27.2 Å². The third-order valence-corrected chi connectivity index (χ3v) is 7.97. The average molecular weight is 540 g/mol. The van der Waals surface area contributed by atoms with Crippen LogP contribution in [-0.4, -0.2) is 40.4 Å². The summed E-state index contributed by atoms with van der Waals surface area (Å²) in [6, 6.07) is 18.5. The highest BCUT2D eigenvalue weighted by Crippen LogP contribution is 2.36. The van der Waals surface area contributed by atoms with Gasteiger partial charge in [-0.3, -0.25) is 14.4 Å². The Balaban J connectivity index is 1.25. The number of esters is 1. The van der Waals surface area contributed by atoms with Crippen molar-refractivity contribution in [2.75, 3.05) is 11.5 Å². The van der Waals surface area contributed by atoms with Gasteiger partial charge in [-0.2, -0.15) is 5.26 Å². The topological polar surface area (TPSA) is 117 Å². The zero-order chi connectivity index (χ0) is 27.4. The number of nitriles is 1. The number of pyridine rings is 1. The van der Waals surface area contributed by atoms with Gasteiger partial charge >= 0.3 is 5.97 Å². The summed E-state index contributed by atoms with van der Waals surface area (Å²) in [5.41, 5.74) is 3.45. The maximum Gasteiger partial charge on any atom is 0.338 e. The third kappa shape index (κ3) is 5.76. The van der Waals surface area contributed by atoms with Gasteiger partial charge in [0.05, 0.1) is 22.1 Å². The molecule has 0 spiro atoms. The van der Waals surface area contributed by atoms with E-state index in [1.54, 1.807) is 30.3 Å². The van der Waals surface area contributed by atoms with Crippen molar-refractivity contribution in [1.29, 1.82) is 5.26 Å². The molecule has 1 aromatic heterocycles. The van der Waals surface area contributed by atoms with Crippen molar-refractivity contribution in [2.24, 2.45) is 0 Å². The number of thioether (sulfide) groups is 1. The number of ether oxygens (including phenoxy) is 1. The number of aromatic nitrogens is 1. The minimum absolute atomic E-state index is 0.0154. The second-order valence-electron chi connectivity index (χ2n) is 9.41. The minimum Gasteiger partial charge on any atom is -0.454 e. The summed E-state index contributed by atoms with van der Waals surface area (Å²) in [5, 5.41) is 9.47. The van der Waals surface area contributed by atoms with Gasteiger partial charge in [-0.25, -0.2) is 14.7 Å². The van der Waals surface area contributed by atoms with Gasteiger partial charge in [0.1, 0.15) is 11.1 Å². The van der Waals surface area contributed by atoms with E-state index in [-0.39, 0.29) is 23.7 Å². The Labute approximate surface area is 230 Å². The summed E-state index contributed by atoms with van der Waals surface area (Å²) < 4.78 is 5.13. The molecule has 3 aromatic rings. The van der Waals surface area contributed by atoms with Crippen molar-refractivity contribution in [3.63, 3.8) is 0 Å². The van der Waals surface area contributed by atoms with Crippen molar-refractivity contribution < 1.29 is 23.9 Å². The van der Waals surface area contributed by atoms with Gasteiger partial charge in [-0.05, 0) is 61.6 Å². The van der Waals surface area contributed by atoms with Crippen LogP contribution in [0.1, 0.15) is 63.2 Å². The molecular weight excluding hydrogens is 514 g/mol. The molecule has 1 unspecified atom stereocenters. The van der Waals surface area contributed by atoms with Gasteiger partial charge in [0.25, 0.3) is 0 Å². The molecular formula is C30H25N3O5S. The SMILES string of the molecule is N#Cc1cc2c(nc1SC1CC(=O)N(c3ccc(C(=O)OCC(=O)c4ccccc4)cc3)C1=O)CCCCC2. The number of amides is 2. The molecule has 0 bridgehead atoms. The zero-order valence-electron chi connectivity index (χ0n) is 21.1. The third-order valence-electron chi connectivity index (χ3n) is 6.79. The molecule has 1 aliphatic carbocycles.